The van der Waals surface area contributed by atoms with Crippen LogP contribution in [0, 0.1) is 0 Å². The maximum Gasteiger partial charge on any atom is 0.244 e. The van der Waals surface area contributed by atoms with E-state index in [0.717, 1.165) is 44.0 Å². The predicted molar refractivity (Wildman–Crippen MR) is 97.3 cm³/mol. The summed E-state index contributed by atoms with van der Waals surface area (Å²) in [6.45, 7) is 6.14. The van der Waals surface area contributed by atoms with Crippen LogP contribution in [0.25, 0.3) is 10.7 Å². The third-order valence-corrected chi connectivity index (χ3v) is 5.44. The minimum Gasteiger partial charge on any atom is -0.340 e. The Morgan fingerprint density at radius 2 is 2.20 bits per heavy atom. The number of nitrogens with zero attached hydrogens (tertiary/aromatic N) is 4. The van der Waals surface area contributed by atoms with E-state index in [-0.39, 0.29) is 11.9 Å². The van der Waals surface area contributed by atoms with Crippen LogP contribution in [-0.4, -0.2) is 65.6 Å². The molecule has 1 saturated heterocycles. The lowest BCUT2D eigenvalue weighted by molar-refractivity contribution is -0.133. The monoisotopic (exact) mass is 363 g/mol. The number of carbonyl (C=O) groups is 1. The van der Waals surface area contributed by atoms with Gasteiger partial charge in [0.2, 0.25) is 17.6 Å². The summed E-state index contributed by atoms with van der Waals surface area (Å²) in [5.41, 5.74) is 0. The molecule has 0 aliphatic carbocycles. The Morgan fingerprint density at radius 3 is 2.88 bits per heavy atom. The minimum absolute atomic E-state index is 0.0581. The highest BCUT2D eigenvalue weighted by atomic mass is 32.1. The number of hydrogen-bond acceptors (Lipinski definition) is 7. The molecule has 2 aromatic rings. The molecule has 25 heavy (non-hydrogen) atoms. The average molecular weight is 363 g/mol. The molecule has 1 amide bonds. The molecule has 1 atom stereocenters. The normalized spacial score (nSPS) is 17.0. The van der Waals surface area contributed by atoms with E-state index < -0.39 is 0 Å². The Kier molecular flexibility index (Phi) is 6.17. The van der Waals surface area contributed by atoms with Gasteiger partial charge in [-0.1, -0.05) is 11.2 Å². The summed E-state index contributed by atoms with van der Waals surface area (Å²) in [7, 11) is 1.91. The second-order valence-electron chi connectivity index (χ2n) is 6.23. The van der Waals surface area contributed by atoms with Gasteiger partial charge < -0.3 is 14.7 Å². The van der Waals surface area contributed by atoms with Gasteiger partial charge in [0.1, 0.15) is 0 Å². The number of nitrogens with one attached hydrogen (secondary N) is 1. The number of carbonyl (C=O) groups excluding carboxylic acids is 1. The van der Waals surface area contributed by atoms with Crippen molar-refractivity contribution < 1.29 is 9.32 Å². The van der Waals surface area contributed by atoms with Crippen LogP contribution < -0.4 is 5.32 Å². The van der Waals surface area contributed by atoms with E-state index in [1.54, 1.807) is 11.3 Å². The molecule has 1 aliphatic rings. The lowest BCUT2D eigenvalue weighted by atomic mass is 10.2. The summed E-state index contributed by atoms with van der Waals surface area (Å²) >= 11 is 1.60. The first-order valence-corrected chi connectivity index (χ1v) is 9.61. The Morgan fingerprint density at radius 1 is 1.40 bits per heavy atom. The highest BCUT2D eigenvalue weighted by Gasteiger charge is 2.27. The molecule has 2 aromatic heterocycles. The van der Waals surface area contributed by atoms with Crippen molar-refractivity contribution in [2.24, 2.45) is 0 Å². The van der Waals surface area contributed by atoms with Gasteiger partial charge in [0.05, 0.1) is 10.9 Å². The molecule has 3 rings (SSSR count). The first kappa shape index (κ1) is 18.0. The Hall–Kier alpha value is -1.77. The largest absolute Gasteiger partial charge is 0.340 e. The molecule has 3 heterocycles. The number of thiophene rings is 1. The van der Waals surface area contributed by atoms with Gasteiger partial charge in [0, 0.05) is 32.6 Å². The van der Waals surface area contributed by atoms with Crippen molar-refractivity contribution in [2.75, 3.05) is 39.8 Å². The Bertz CT molecular complexity index is 664. The van der Waals surface area contributed by atoms with Crippen molar-refractivity contribution in [1.29, 1.82) is 0 Å². The zero-order valence-electron chi connectivity index (χ0n) is 14.8. The van der Waals surface area contributed by atoms with Crippen LogP contribution in [0.3, 0.4) is 0 Å². The average Bonchev–Trinajstić information content (AvgIpc) is 3.32. The van der Waals surface area contributed by atoms with Crippen LogP contribution in [0.5, 0.6) is 0 Å². The fourth-order valence-corrected chi connectivity index (χ4v) is 3.65. The molecular formula is C17H25N5O2S. The standard InChI is InChI=1S/C17H25N5O2S/c1-13(17-19-16(20-24-17)14-5-4-12-25-14)21-8-10-22(11-9-21)15(23)6-3-7-18-2/h4-5,12-13,18H,3,6-11H2,1-2H3. The predicted octanol–water partition coefficient (Wildman–Crippen LogP) is 2.00. The first-order valence-electron chi connectivity index (χ1n) is 8.73. The number of amides is 1. The lowest BCUT2D eigenvalue weighted by Crippen LogP contribution is -2.49. The molecule has 1 fully saturated rings. The SMILES string of the molecule is CNCCCC(=O)N1CCN(C(C)c2nc(-c3cccs3)no2)CC1. The van der Waals surface area contributed by atoms with E-state index in [1.807, 2.05) is 29.5 Å². The molecule has 1 N–H and O–H groups in total. The van der Waals surface area contributed by atoms with Crippen molar-refractivity contribution in [3.8, 4) is 10.7 Å². The van der Waals surface area contributed by atoms with E-state index in [0.29, 0.717) is 18.1 Å². The van der Waals surface area contributed by atoms with Crippen molar-refractivity contribution >= 4 is 17.2 Å². The van der Waals surface area contributed by atoms with Crippen LogP contribution in [-0.2, 0) is 4.79 Å². The third-order valence-electron chi connectivity index (χ3n) is 4.57. The van der Waals surface area contributed by atoms with Crippen LogP contribution in [0.1, 0.15) is 31.7 Å². The van der Waals surface area contributed by atoms with Gasteiger partial charge in [-0.05, 0) is 38.4 Å². The van der Waals surface area contributed by atoms with Gasteiger partial charge in [0.15, 0.2) is 0 Å². The molecule has 7 nitrogen and oxygen atoms in total. The number of hydrogen-bond donors (Lipinski definition) is 1. The van der Waals surface area contributed by atoms with E-state index >= 15 is 0 Å². The molecule has 1 aliphatic heterocycles. The number of rotatable bonds is 7. The maximum atomic E-state index is 12.2. The second kappa shape index (κ2) is 8.55. The molecule has 0 radical (unpaired) electrons. The van der Waals surface area contributed by atoms with Gasteiger partial charge >= 0.3 is 0 Å². The van der Waals surface area contributed by atoms with Gasteiger partial charge in [-0.15, -0.1) is 11.3 Å². The number of piperazine rings is 1. The molecule has 0 aromatic carbocycles. The molecule has 8 heteroatoms. The summed E-state index contributed by atoms with van der Waals surface area (Å²) in [5, 5.41) is 9.16. The summed E-state index contributed by atoms with van der Waals surface area (Å²) in [5.74, 6) is 1.53. The zero-order chi connectivity index (χ0) is 17.6. The van der Waals surface area contributed by atoms with Gasteiger partial charge in [0.25, 0.3) is 0 Å². The second-order valence-corrected chi connectivity index (χ2v) is 7.18. The van der Waals surface area contributed by atoms with Gasteiger partial charge in [-0.3, -0.25) is 9.69 Å². The fraction of sp³-hybridized carbons (Fsp3) is 0.588. The summed E-state index contributed by atoms with van der Waals surface area (Å²) < 4.78 is 5.46. The van der Waals surface area contributed by atoms with Crippen molar-refractivity contribution in [1.82, 2.24) is 25.3 Å². The van der Waals surface area contributed by atoms with E-state index in [1.165, 1.54) is 0 Å². The summed E-state index contributed by atoms with van der Waals surface area (Å²) in [4.78, 5) is 22.0. The minimum atomic E-state index is 0.0581. The number of aromatic nitrogens is 2. The zero-order valence-corrected chi connectivity index (χ0v) is 15.6. The van der Waals surface area contributed by atoms with Crippen LogP contribution in [0.15, 0.2) is 22.0 Å². The van der Waals surface area contributed by atoms with Gasteiger partial charge in [-0.2, -0.15) is 4.98 Å². The quantitative estimate of drug-likeness (QED) is 0.759. The highest BCUT2D eigenvalue weighted by Crippen LogP contribution is 2.25. The Balaban J connectivity index is 1.51. The molecule has 1 unspecified atom stereocenters. The Labute approximate surface area is 152 Å². The molecular weight excluding hydrogens is 338 g/mol. The lowest BCUT2D eigenvalue weighted by Gasteiger charge is -2.36. The molecule has 136 valence electrons. The molecule has 0 saturated carbocycles. The van der Waals surface area contributed by atoms with E-state index in [4.69, 9.17) is 4.52 Å². The van der Waals surface area contributed by atoms with Crippen LogP contribution >= 0.6 is 11.3 Å². The summed E-state index contributed by atoms with van der Waals surface area (Å²) in [6.07, 6.45) is 1.50. The fourth-order valence-electron chi connectivity index (χ4n) is 3.00. The molecule has 0 spiro atoms. The van der Waals surface area contributed by atoms with E-state index in [2.05, 4.69) is 27.3 Å². The van der Waals surface area contributed by atoms with Crippen molar-refractivity contribution in [2.45, 2.75) is 25.8 Å². The topological polar surface area (TPSA) is 74.5 Å². The summed E-state index contributed by atoms with van der Waals surface area (Å²) in [6, 6.07) is 4.03. The maximum absolute atomic E-state index is 12.2. The third kappa shape index (κ3) is 4.45. The highest BCUT2D eigenvalue weighted by molar-refractivity contribution is 7.13. The van der Waals surface area contributed by atoms with E-state index in [9.17, 15) is 4.79 Å². The van der Waals surface area contributed by atoms with Gasteiger partial charge in [-0.25, -0.2) is 0 Å². The van der Waals surface area contributed by atoms with Crippen molar-refractivity contribution in [3.05, 3.63) is 23.4 Å². The first-order chi connectivity index (χ1) is 12.2. The smallest absolute Gasteiger partial charge is 0.244 e. The van der Waals surface area contributed by atoms with Crippen LogP contribution in [0.4, 0.5) is 0 Å². The van der Waals surface area contributed by atoms with Crippen LogP contribution in [0.2, 0.25) is 0 Å². The van der Waals surface area contributed by atoms with Crippen molar-refractivity contribution in [3.63, 3.8) is 0 Å². The molecule has 0 bridgehead atoms.